The first-order valence-corrected chi connectivity index (χ1v) is 15.1. The van der Waals surface area contributed by atoms with Crippen molar-refractivity contribution in [3.63, 3.8) is 0 Å². The maximum atomic E-state index is 14.0. The summed E-state index contributed by atoms with van der Waals surface area (Å²) in [5, 5.41) is 1.54. The van der Waals surface area contributed by atoms with Gasteiger partial charge in [0.1, 0.15) is 20.9 Å². The number of carbonyl (C=O) groups is 2. The molecule has 1 aromatic heterocycles. The number of likely N-dealkylation sites (tertiary alicyclic amines) is 1. The van der Waals surface area contributed by atoms with Gasteiger partial charge in [0.05, 0.1) is 12.3 Å². The number of benzene rings is 2. The Labute approximate surface area is 228 Å². The lowest BCUT2D eigenvalue weighted by molar-refractivity contribution is -0.129. The van der Waals surface area contributed by atoms with E-state index in [9.17, 15) is 18.0 Å². The van der Waals surface area contributed by atoms with Gasteiger partial charge >= 0.3 is 6.09 Å². The summed E-state index contributed by atoms with van der Waals surface area (Å²) in [5.41, 5.74) is 2.15. The monoisotopic (exact) mass is 557 g/mol. The number of anilines is 1. The second kappa shape index (κ2) is 9.31. The molecule has 0 atom stereocenters. The number of hydrogen-bond donors (Lipinski definition) is 0. The zero-order valence-corrected chi connectivity index (χ0v) is 23.6. The fourth-order valence-electron chi connectivity index (χ4n) is 5.46. The predicted molar refractivity (Wildman–Crippen MR) is 148 cm³/mol. The molecule has 2 amide bonds. The molecule has 0 unspecified atom stereocenters. The molecule has 1 saturated heterocycles. The summed E-state index contributed by atoms with van der Waals surface area (Å²) in [7, 11) is -3.10. The van der Waals surface area contributed by atoms with E-state index in [4.69, 9.17) is 16.3 Å². The van der Waals surface area contributed by atoms with E-state index >= 15 is 0 Å². The molecule has 1 spiro atoms. The van der Waals surface area contributed by atoms with E-state index < -0.39 is 26.9 Å². The maximum Gasteiger partial charge on any atom is 0.410 e. The molecule has 3 aromatic rings. The standard InChI is InChI=1S/C28H32ClN3O5S/c1-27(2,3)37-26(34)30-17-28(18-30)22-8-5-6-9-24(22)32(25(28)33)16-21-15-19-14-20(29)10-11-23(19)31(21)12-7-13-38(4,35)36/h5-6,8-11,14-15H,7,12-13,16-18H2,1-4H3. The van der Waals surface area contributed by atoms with E-state index in [1.54, 1.807) is 9.80 Å². The number of rotatable bonds is 6. The number of nitrogens with zero attached hydrogens (tertiary/aromatic N) is 3. The lowest BCUT2D eigenvalue weighted by atomic mass is 9.75. The number of aryl methyl sites for hydroxylation is 1. The Kier molecular flexibility index (Phi) is 6.51. The number of sulfone groups is 1. The van der Waals surface area contributed by atoms with Gasteiger partial charge in [0, 0.05) is 53.2 Å². The van der Waals surface area contributed by atoms with Crippen LogP contribution in [0.15, 0.2) is 48.5 Å². The third kappa shape index (κ3) is 4.89. The number of halogens is 1. The molecule has 0 bridgehead atoms. The van der Waals surface area contributed by atoms with Crippen molar-refractivity contribution in [2.45, 2.75) is 51.3 Å². The van der Waals surface area contributed by atoms with Gasteiger partial charge in [-0.15, -0.1) is 0 Å². The van der Waals surface area contributed by atoms with Gasteiger partial charge in [-0.25, -0.2) is 13.2 Å². The zero-order valence-electron chi connectivity index (χ0n) is 22.0. The van der Waals surface area contributed by atoms with Gasteiger partial charge in [-0.3, -0.25) is 4.79 Å². The Morgan fingerprint density at radius 2 is 1.82 bits per heavy atom. The van der Waals surface area contributed by atoms with E-state index in [1.165, 1.54) is 6.26 Å². The van der Waals surface area contributed by atoms with Crippen LogP contribution in [0, 0.1) is 0 Å². The second-order valence-electron chi connectivity index (χ2n) is 11.3. The van der Waals surface area contributed by atoms with Crippen molar-refractivity contribution in [1.29, 1.82) is 0 Å². The second-order valence-corrected chi connectivity index (χ2v) is 14.0. The van der Waals surface area contributed by atoms with Gasteiger partial charge in [0.25, 0.3) is 0 Å². The van der Waals surface area contributed by atoms with E-state index in [1.807, 2.05) is 69.3 Å². The highest BCUT2D eigenvalue weighted by Gasteiger charge is 2.59. The normalized spacial score (nSPS) is 16.7. The third-order valence-corrected chi connectivity index (χ3v) is 8.37. The summed E-state index contributed by atoms with van der Waals surface area (Å²) in [4.78, 5) is 30.0. The summed E-state index contributed by atoms with van der Waals surface area (Å²) in [5.74, 6) is 0.0268. The maximum absolute atomic E-state index is 14.0. The van der Waals surface area contributed by atoms with Gasteiger partial charge in [0.2, 0.25) is 5.91 Å². The fraction of sp³-hybridized carbons (Fsp3) is 0.429. The first-order chi connectivity index (χ1) is 17.8. The Hall–Kier alpha value is -3.04. The Morgan fingerprint density at radius 3 is 2.50 bits per heavy atom. The largest absolute Gasteiger partial charge is 0.444 e. The predicted octanol–water partition coefficient (Wildman–Crippen LogP) is 4.76. The molecule has 202 valence electrons. The molecule has 0 radical (unpaired) electrons. The molecule has 38 heavy (non-hydrogen) atoms. The Morgan fingerprint density at radius 1 is 1.11 bits per heavy atom. The summed E-state index contributed by atoms with van der Waals surface area (Å²) in [6.07, 6.45) is 1.27. The van der Waals surface area contributed by atoms with Crippen molar-refractivity contribution in [1.82, 2.24) is 9.47 Å². The van der Waals surface area contributed by atoms with Crippen molar-refractivity contribution in [3.05, 3.63) is 64.8 Å². The number of amides is 2. The Bertz CT molecular complexity index is 1530. The molecule has 0 N–H and O–H groups in total. The highest BCUT2D eigenvalue weighted by Crippen LogP contribution is 2.48. The summed E-state index contributed by atoms with van der Waals surface area (Å²) in [6, 6.07) is 15.3. The van der Waals surface area contributed by atoms with E-state index in [0.717, 1.165) is 27.8 Å². The average molecular weight is 558 g/mol. The SMILES string of the molecule is CC(C)(C)OC(=O)N1CC2(C1)C(=O)N(Cc1cc3cc(Cl)ccc3n1CCCS(C)(=O)=O)c1ccccc12. The average Bonchev–Trinajstić information content (AvgIpc) is 3.23. The molecular formula is C28H32ClN3O5S. The van der Waals surface area contributed by atoms with Gasteiger partial charge in [-0.2, -0.15) is 0 Å². The van der Waals surface area contributed by atoms with Crippen LogP contribution in [0.1, 0.15) is 38.4 Å². The smallest absolute Gasteiger partial charge is 0.410 e. The van der Waals surface area contributed by atoms with Crippen molar-refractivity contribution >= 4 is 50.0 Å². The minimum absolute atomic E-state index is 0.0514. The van der Waals surface area contributed by atoms with Crippen LogP contribution in [0.2, 0.25) is 5.02 Å². The summed E-state index contributed by atoms with van der Waals surface area (Å²) in [6.45, 7) is 6.80. The highest BCUT2D eigenvalue weighted by atomic mass is 35.5. The molecule has 10 heteroatoms. The van der Waals surface area contributed by atoms with Gasteiger partial charge < -0.3 is 19.1 Å². The molecule has 2 aliphatic rings. The number of aromatic nitrogens is 1. The van der Waals surface area contributed by atoms with Crippen LogP contribution < -0.4 is 4.90 Å². The van der Waals surface area contributed by atoms with Crippen LogP contribution in [0.3, 0.4) is 0 Å². The van der Waals surface area contributed by atoms with Crippen molar-refractivity contribution < 1.29 is 22.7 Å². The third-order valence-electron chi connectivity index (χ3n) is 7.10. The topological polar surface area (TPSA) is 88.9 Å². The summed E-state index contributed by atoms with van der Waals surface area (Å²) < 4.78 is 31.1. The van der Waals surface area contributed by atoms with Crippen LogP contribution >= 0.6 is 11.6 Å². The molecule has 8 nitrogen and oxygen atoms in total. The van der Waals surface area contributed by atoms with Crippen LogP contribution in [0.25, 0.3) is 10.9 Å². The quantitative estimate of drug-likeness (QED) is 0.436. The van der Waals surface area contributed by atoms with Crippen molar-refractivity contribution in [3.8, 4) is 0 Å². The first kappa shape index (κ1) is 26.6. The number of fused-ring (bicyclic) bond motifs is 3. The molecule has 1 fully saturated rings. The number of ether oxygens (including phenoxy) is 1. The van der Waals surface area contributed by atoms with Gasteiger partial charge in [-0.05, 0) is 63.1 Å². The molecule has 2 aromatic carbocycles. The van der Waals surface area contributed by atoms with E-state index in [-0.39, 0.29) is 24.7 Å². The highest BCUT2D eigenvalue weighted by molar-refractivity contribution is 7.90. The van der Waals surface area contributed by atoms with Crippen LogP contribution in [0.4, 0.5) is 10.5 Å². The minimum Gasteiger partial charge on any atom is -0.444 e. The Balaban J connectivity index is 1.45. The fourth-order valence-corrected chi connectivity index (χ4v) is 6.29. The van der Waals surface area contributed by atoms with Crippen molar-refractivity contribution in [2.75, 3.05) is 30.0 Å². The lowest BCUT2D eigenvalue weighted by Gasteiger charge is -2.46. The van der Waals surface area contributed by atoms with Crippen LogP contribution in [-0.2, 0) is 37.9 Å². The molecule has 2 aliphatic heterocycles. The number of carbonyl (C=O) groups excluding carboxylic acids is 2. The lowest BCUT2D eigenvalue weighted by Crippen LogP contribution is -2.65. The molecule has 5 rings (SSSR count). The molecule has 0 aliphatic carbocycles. The molecular weight excluding hydrogens is 526 g/mol. The van der Waals surface area contributed by atoms with E-state index in [2.05, 4.69) is 4.57 Å². The van der Waals surface area contributed by atoms with Gasteiger partial charge in [-0.1, -0.05) is 29.8 Å². The van der Waals surface area contributed by atoms with Crippen molar-refractivity contribution in [2.24, 2.45) is 0 Å². The van der Waals surface area contributed by atoms with E-state index in [0.29, 0.717) is 24.5 Å². The number of hydrogen-bond acceptors (Lipinski definition) is 5. The molecule has 3 heterocycles. The summed E-state index contributed by atoms with van der Waals surface area (Å²) >= 11 is 6.25. The van der Waals surface area contributed by atoms with Crippen LogP contribution in [-0.4, -0.2) is 60.6 Å². The first-order valence-electron chi connectivity index (χ1n) is 12.6. The van der Waals surface area contributed by atoms with Gasteiger partial charge in [0.15, 0.2) is 0 Å². The zero-order chi connectivity index (χ0) is 27.5. The minimum atomic E-state index is -3.10. The molecule has 0 saturated carbocycles. The van der Waals surface area contributed by atoms with Crippen LogP contribution in [0.5, 0.6) is 0 Å². The number of para-hydroxylation sites is 1.